The first kappa shape index (κ1) is 14.1. The molecule has 1 aromatic carbocycles. The Morgan fingerprint density at radius 3 is 2.95 bits per heavy atom. The Kier molecular flexibility index (Phi) is 4.39. The molecule has 0 aliphatic carbocycles. The molecule has 3 rings (SSSR count). The van der Waals surface area contributed by atoms with E-state index >= 15 is 0 Å². The highest BCUT2D eigenvalue weighted by atomic mass is 15.2. The molecular formula is C17H27N3. The second-order valence-corrected chi connectivity index (χ2v) is 6.66. The van der Waals surface area contributed by atoms with Gasteiger partial charge in [0, 0.05) is 38.6 Å². The van der Waals surface area contributed by atoms with Gasteiger partial charge in [0.1, 0.15) is 0 Å². The normalized spacial score (nSPS) is 26.9. The van der Waals surface area contributed by atoms with Crippen molar-refractivity contribution in [2.75, 3.05) is 46.8 Å². The van der Waals surface area contributed by atoms with Crippen LogP contribution >= 0.6 is 0 Å². The molecule has 2 atom stereocenters. The summed E-state index contributed by atoms with van der Waals surface area (Å²) >= 11 is 0. The molecule has 2 aliphatic rings. The number of benzene rings is 1. The van der Waals surface area contributed by atoms with Crippen molar-refractivity contribution in [1.82, 2.24) is 15.1 Å². The number of likely N-dealkylation sites (N-methyl/N-ethyl adjacent to an activating group) is 1. The lowest BCUT2D eigenvalue weighted by Crippen LogP contribution is -2.37. The molecule has 0 saturated carbocycles. The van der Waals surface area contributed by atoms with Crippen LogP contribution in [0.3, 0.4) is 0 Å². The first-order valence-corrected chi connectivity index (χ1v) is 7.88. The van der Waals surface area contributed by atoms with Gasteiger partial charge in [0.15, 0.2) is 0 Å². The molecule has 1 fully saturated rings. The van der Waals surface area contributed by atoms with Crippen LogP contribution in [-0.4, -0.2) is 56.6 Å². The highest BCUT2D eigenvalue weighted by Gasteiger charge is 2.24. The monoisotopic (exact) mass is 273 g/mol. The lowest BCUT2D eigenvalue weighted by Gasteiger charge is -2.31. The van der Waals surface area contributed by atoms with Crippen LogP contribution in [0.1, 0.15) is 23.5 Å². The number of rotatable bonds is 4. The largest absolute Gasteiger partial charge is 0.312 e. The fourth-order valence-corrected chi connectivity index (χ4v) is 3.81. The molecule has 0 spiro atoms. The van der Waals surface area contributed by atoms with E-state index in [0.717, 1.165) is 19.0 Å². The smallest absolute Gasteiger partial charge is 0.0208 e. The number of nitrogens with zero attached hydrogens (tertiary/aromatic N) is 2. The van der Waals surface area contributed by atoms with E-state index in [0.29, 0.717) is 5.92 Å². The predicted octanol–water partition coefficient (Wildman–Crippen LogP) is 1.76. The van der Waals surface area contributed by atoms with Crippen LogP contribution in [0.15, 0.2) is 24.3 Å². The molecule has 0 aromatic heterocycles. The van der Waals surface area contributed by atoms with Crippen molar-refractivity contribution in [3.05, 3.63) is 35.4 Å². The summed E-state index contributed by atoms with van der Waals surface area (Å²) in [6, 6.07) is 8.92. The summed E-state index contributed by atoms with van der Waals surface area (Å²) in [6.07, 6.45) is 1.36. The van der Waals surface area contributed by atoms with Gasteiger partial charge in [-0.25, -0.2) is 0 Å². The Hall–Kier alpha value is -0.900. The molecule has 3 heteroatoms. The minimum Gasteiger partial charge on any atom is -0.312 e. The minimum absolute atomic E-state index is 0.643. The zero-order valence-electron chi connectivity index (χ0n) is 12.8. The van der Waals surface area contributed by atoms with E-state index < -0.39 is 0 Å². The average Bonchev–Trinajstić information content (AvgIpc) is 2.84. The van der Waals surface area contributed by atoms with Gasteiger partial charge in [-0.05, 0) is 44.1 Å². The van der Waals surface area contributed by atoms with Gasteiger partial charge in [-0.15, -0.1) is 0 Å². The maximum atomic E-state index is 3.56. The van der Waals surface area contributed by atoms with Gasteiger partial charge in [0.25, 0.3) is 0 Å². The summed E-state index contributed by atoms with van der Waals surface area (Å²) in [5.41, 5.74) is 3.04. The first-order chi connectivity index (χ1) is 9.72. The summed E-state index contributed by atoms with van der Waals surface area (Å²) in [5.74, 6) is 1.50. The molecule has 2 aliphatic heterocycles. The fourth-order valence-electron chi connectivity index (χ4n) is 3.81. The molecule has 2 unspecified atom stereocenters. The van der Waals surface area contributed by atoms with Gasteiger partial charge in [0.05, 0.1) is 0 Å². The molecule has 0 bridgehead atoms. The van der Waals surface area contributed by atoms with Gasteiger partial charge in [-0.3, -0.25) is 0 Å². The van der Waals surface area contributed by atoms with Gasteiger partial charge < -0.3 is 15.1 Å². The van der Waals surface area contributed by atoms with Gasteiger partial charge >= 0.3 is 0 Å². The van der Waals surface area contributed by atoms with Gasteiger partial charge in [-0.1, -0.05) is 24.3 Å². The summed E-state index contributed by atoms with van der Waals surface area (Å²) in [6.45, 7) is 7.10. The molecule has 110 valence electrons. The van der Waals surface area contributed by atoms with Crippen LogP contribution < -0.4 is 5.32 Å². The number of fused-ring (bicyclic) bond motifs is 1. The van der Waals surface area contributed by atoms with E-state index in [9.17, 15) is 0 Å². The zero-order chi connectivity index (χ0) is 13.9. The number of hydrogen-bond acceptors (Lipinski definition) is 3. The molecule has 1 N–H and O–H groups in total. The van der Waals surface area contributed by atoms with Crippen molar-refractivity contribution in [2.24, 2.45) is 5.92 Å². The number of hydrogen-bond donors (Lipinski definition) is 1. The quantitative estimate of drug-likeness (QED) is 0.902. The molecule has 1 aromatic rings. The maximum absolute atomic E-state index is 3.56. The Labute approximate surface area is 123 Å². The Balaban J connectivity index is 1.58. The second-order valence-electron chi connectivity index (χ2n) is 6.66. The van der Waals surface area contributed by atoms with E-state index in [1.54, 1.807) is 5.56 Å². The van der Waals surface area contributed by atoms with Crippen molar-refractivity contribution in [3.8, 4) is 0 Å². The summed E-state index contributed by atoms with van der Waals surface area (Å²) in [7, 11) is 4.52. The van der Waals surface area contributed by atoms with Crippen LogP contribution in [0.25, 0.3) is 0 Å². The van der Waals surface area contributed by atoms with Crippen LogP contribution in [0.5, 0.6) is 0 Å². The van der Waals surface area contributed by atoms with Gasteiger partial charge in [-0.2, -0.15) is 0 Å². The zero-order valence-corrected chi connectivity index (χ0v) is 12.8. The van der Waals surface area contributed by atoms with Crippen molar-refractivity contribution >= 4 is 0 Å². The van der Waals surface area contributed by atoms with Crippen LogP contribution in [0, 0.1) is 5.92 Å². The second kappa shape index (κ2) is 6.25. The Morgan fingerprint density at radius 2 is 2.15 bits per heavy atom. The molecule has 0 amide bonds. The molecule has 2 heterocycles. The minimum atomic E-state index is 0.643. The standard InChI is InChI=1S/C17H27N3/c1-19-8-7-14(11-19)12-20(2)13-16-10-18-9-15-5-3-4-6-17(15)16/h3-6,14,16,18H,7-13H2,1-2H3. The summed E-state index contributed by atoms with van der Waals surface area (Å²) < 4.78 is 0. The summed E-state index contributed by atoms with van der Waals surface area (Å²) in [4.78, 5) is 4.99. The first-order valence-electron chi connectivity index (χ1n) is 7.88. The third kappa shape index (κ3) is 3.22. The number of likely N-dealkylation sites (tertiary alicyclic amines) is 1. The third-order valence-electron chi connectivity index (χ3n) is 4.79. The topological polar surface area (TPSA) is 18.5 Å². The summed E-state index contributed by atoms with van der Waals surface area (Å²) in [5, 5.41) is 3.56. The SMILES string of the molecule is CN1CCC(CN(C)CC2CNCc3ccccc32)C1. The van der Waals surface area contributed by atoms with E-state index in [4.69, 9.17) is 0 Å². The lowest BCUT2D eigenvalue weighted by molar-refractivity contribution is 0.254. The van der Waals surface area contributed by atoms with Crippen molar-refractivity contribution in [2.45, 2.75) is 18.9 Å². The van der Waals surface area contributed by atoms with E-state index in [1.165, 1.54) is 38.2 Å². The highest BCUT2D eigenvalue weighted by Crippen LogP contribution is 2.25. The molecule has 0 radical (unpaired) electrons. The molecule has 20 heavy (non-hydrogen) atoms. The van der Waals surface area contributed by atoms with Crippen LogP contribution in [0.2, 0.25) is 0 Å². The van der Waals surface area contributed by atoms with Crippen molar-refractivity contribution in [1.29, 1.82) is 0 Å². The molecule has 1 saturated heterocycles. The predicted molar refractivity (Wildman–Crippen MR) is 84.0 cm³/mol. The average molecular weight is 273 g/mol. The van der Waals surface area contributed by atoms with Crippen LogP contribution in [-0.2, 0) is 6.54 Å². The fraction of sp³-hybridized carbons (Fsp3) is 0.647. The van der Waals surface area contributed by atoms with Gasteiger partial charge in [0.2, 0.25) is 0 Å². The van der Waals surface area contributed by atoms with Crippen molar-refractivity contribution in [3.63, 3.8) is 0 Å². The third-order valence-corrected chi connectivity index (χ3v) is 4.79. The molecule has 3 nitrogen and oxygen atoms in total. The van der Waals surface area contributed by atoms with E-state index in [-0.39, 0.29) is 0 Å². The van der Waals surface area contributed by atoms with Crippen molar-refractivity contribution < 1.29 is 0 Å². The maximum Gasteiger partial charge on any atom is 0.0208 e. The highest BCUT2D eigenvalue weighted by molar-refractivity contribution is 5.32. The van der Waals surface area contributed by atoms with E-state index in [2.05, 4.69) is 53.5 Å². The van der Waals surface area contributed by atoms with E-state index in [1.807, 2.05) is 0 Å². The Morgan fingerprint density at radius 1 is 1.30 bits per heavy atom. The van der Waals surface area contributed by atoms with Crippen LogP contribution in [0.4, 0.5) is 0 Å². The Bertz CT molecular complexity index is 446. The molecular weight excluding hydrogens is 246 g/mol. The number of nitrogens with one attached hydrogen (secondary N) is 1. The lowest BCUT2D eigenvalue weighted by atomic mass is 9.90.